The minimum absolute atomic E-state index is 0.668. The van der Waals surface area contributed by atoms with E-state index in [2.05, 4.69) is 31.8 Å². The molecule has 0 saturated carbocycles. The summed E-state index contributed by atoms with van der Waals surface area (Å²) in [5.41, 5.74) is 10.8. The van der Waals surface area contributed by atoms with Gasteiger partial charge in [-0.25, -0.2) is 9.97 Å². The van der Waals surface area contributed by atoms with E-state index in [1.807, 2.05) is 54.1 Å². The molecular weight excluding hydrogens is 344 g/mol. The second-order valence-corrected chi connectivity index (χ2v) is 6.75. The van der Waals surface area contributed by atoms with Crippen LogP contribution in [-0.2, 0) is 6.42 Å². The third-order valence-corrected chi connectivity index (χ3v) is 4.61. The molecular formula is C19H18N6S. The van der Waals surface area contributed by atoms with E-state index in [9.17, 15) is 0 Å². The average Bonchev–Trinajstić information content (AvgIpc) is 3.25. The molecule has 4 rings (SSSR count). The van der Waals surface area contributed by atoms with Crippen molar-refractivity contribution in [1.82, 2.24) is 18.9 Å². The normalized spacial score (nSPS) is 10.8. The zero-order valence-corrected chi connectivity index (χ0v) is 15.1. The highest BCUT2D eigenvalue weighted by Gasteiger charge is 2.08. The molecule has 0 aliphatic rings. The van der Waals surface area contributed by atoms with Gasteiger partial charge < -0.3 is 15.6 Å². The van der Waals surface area contributed by atoms with Crippen LogP contribution in [0.3, 0.4) is 0 Å². The van der Waals surface area contributed by atoms with Crippen molar-refractivity contribution >= 4 is 28.0 Å². The van der Waals surface area contributed by atoms with Gasteiger partial charge >= 0.3 is 0 Å². The number of hydrogen-bond donors (Lipinski definition) is 2. The predicted molar refractivity (Wildman–Crippen MR) is 105 cm³/mol. The van der Waals surface area contributed by atoms with Crippen LogP contribution in [-0.4, -0.2) is 18.9 Å². The van der Waals surface area contributed by atoms with Gasteiger partial charge in [0.25, 0.3) is 0 Å². The quantitative estimate of drug-likeness (QED) is 0.525. The summed E-state index contributed by atoms with van der Waals surface area (Å²) >= 11 is 1.35. The smallest absolute Gasteiger partial charge is 0.207 e. The fourth-order valence-corrected chi connectivity index (χ4v) is 3.31. The number of nitrogens with one attached hydrogen (secondary N) is 1. The molecule has 26 heavy (non-hydrogen) atoms. The summed E-state index contributed by atoms with van der Waals surface area (Å²) in [4.78, 5) is 8.79. The third-order valence-electron chi connectivity index (χ3n) is 3.94. The maximum atomic E-state index is 6.20. The van der Waals surface area contributed by atoms with Gasteiger partial charge in [0, 0.05) is 29.8 Å². The van der Waals surface area contributed by atoms with Gasteiger partial charge in [0.05, 0.1) is 23.4 Å². The summed E-state index contributed by atoms with van der Waals surface area (Å²) in [5.74, 6) is 0.808. The zero-order chi connectivity index (χ0) is 17.9. The maximum absolute atomic E-state index is 6.20. The number of nitrogens with two attached hydrogens (primary N) is 1. The van der Waals surface area contributed by atoms with E-state index in [4.69, 9.17) is 5.73 Å². The second kappa shape index (κ2) is 6.97. The van der Waals surface area contributed by atoms with Crippen LogP contribution in [0.2, 0.25) is 0 Å². The Balaban J connectivity index is 1.48. The lowest BCUT2D eigenvalue weighted by Crippen LogP contribution is -1.99. The first-order valence-electron chi connectivity index (χ1n) is 8.21. The Bertz CT molecular complexity index is 1020. The predicted octanol–water partition coefficient (Wildman–Crippen LogP) is 3.95. The largest absolute Gasteiger partial charge is 0.397 e. The summed E-state index contributed by atoms with van der Waals surface area (Å²) in [6.07, 6.45) is 4.42. The number of nitrogen functional groups attached to an aromatic ring is 1. The van der Waals surface area contributed by atoms with Crippen molar-refractivity contribution in [3.8, 4) is 5.69 Å². The lowest BCUT2D eigenvalue weighted by atomic mass is 10.1. The number of hydrogen-bond acceptors (Lipinski definition) is 6. The van der Waals surface area contributed by atoms with Crippen LogP contribution in [0.1, 0.15) is 17.1 Å². The first kappa shape index (κ1) is 16.3. The van der Waals surface area contributed by atoms with Gasteiger partial charge in [0.2, 0.25) is 5.13 Å². The molecule has 0 bridgehead atoms. The van der Waals surface area contributed by atoms with Crippen LogP contribution >= 0.6 is 11.5 Å². The summed E-state index contributed by atoms with van der Waals surface area (Å²) in [6.45, 7) is 1.95. The van der Waals surface area contributed by atoms with Crippen LogP contribution in [0.4, 0.5) is 16.5 Å². The monoisotopic (exact) mass is 362 g/mol. The molecule has 0 unspecified atom stereocenters. The lowest BCUT2D eigenvalue weighted by molar-refractivity contribution is 1.04. The minimum Gasteiger partial charge on any atom is -0.397 e. The molecule has 7 heteroatoms. The van der Waals surface area contributed by atoms with Crippen LogP contribution in [0, 0.1) is 6.92 Å². The van der Waals surface area contributed by atoms with E-state index < -0.39 is 0 Å². The van der Waals surface area contributed by atoms with Crippen LogP contribution in [0.15, 0.2) is 61.1 Å². The summed E-state index contributed by atoms with van der Waals surface area (Å²) in [5, 5.41) is 4.03. The summed E-state index contributed by atoms with van der Waals surface area (Å²) in [7, 11) is 0. The number of nitrogens with zero attached hydrogens (tertiary/aromatic N) is 4. The van der Waals surface area contributed by atoms with E-state index in [1.165, 1.54) is 17.1 Å². The Morgan fingerprint density at radius 3 is 2.73 bits per heavy atom. The van der Waals surface area contributed by atoms with Gasteiger partial charge in [0.15, 0.2) is 0 Å². The average molecular weight is 362 g/mol. The molecule has 0 radical (unpaired) electrons. The molecule has 2 aromatic carbocycles. The molecule has 0 spiro atoms. The number of benzene rings is 2. The topological polar surface area (TPSA) is 81.7 Å². The van der Waals surface area contributed by atoms with Crippen LogP contribution in [0.5, 0.6) is 0 Å². The second-order valence-electron chi connectivity index (χ2n) is 6.00. The van der Waals surface area contributed by atoms with Crippen molar-refractivity contribution in [3.05, 3.63) is 78.1 Å². The van der Waals surface area contributed by atoms with Gasteiger partial charge in [-0.2, -0.15) is 4.37 Å². The molecule has 130 valence electrons. The number of imidazole rings is 1. The molecule has 2 aromatic heterocycles. The van der Waals surface area contributed by atoms with Gasteiger partial charge in [-0.15, -0.1) is 0 Å². The van der Waals surface area contributed by atoms with Crippen molar-refractivity contribution in [3.63, 3.8) is 0 Å². The van der Waals surface area contributed by atoms with Gasteiger partial charge in [-0.3, -0.25) is 0 Å². The van der Waals surface area contributed by atoms with Crippen molar-refractivity contribution in [2.45, 2.75) is 13.3 Å². The molecule has 6 nitrogen and oxygen atoms in total. The van der Waals surface area contributed by atoms with Crippen molar-refractivity contribution in [1.29, 1.82) is 0 Å². The van der Waals surface area contributed by atoms with Crippen molar-refractivity contribution in [2.24, 2.45) is 0 Å². The highest BCUT2D eigenvalue weighted by Crippen LogP contribution is 2.25. The highest BCUT2D eigenvalue weighted by atomic mass is 32.1. The Hall–Kier alpha value is -3.19. The molecule has 0 atom stereocenters. The van der Waals surface area contributed by atoms with Gasteiger partial charge in [-0.05, 0) is 30.7 Å². The standard InChI is InChI=1S/C19H18N6S/c1-13-11-25(12-21-13)17-8-7-15(10-16(17)20)22-19-23-18(24-26-19)9-14-5-3-2-4-6-14/h2-8,10-12H,9,20H2,1H3,(H,22,23,24). The first-order valence-corrected chi connectivity index (χ1v) is 8.99. The van der Waals surface area contributed by atoms with E-state index in [0.29, 0.717) is 5.69 Å². The molecule has 0 fully saturated rings. The zero-order valence-electron chi connectivity index (χ0n) is 14.3. The molecule has 2 heterocycles. The Morgan fingerprint density at radius 2 is 2.00 bits per heavy atom. The molecule has 0 saturated heterocycles. The van der Waals surface area contributed by atoms with Crippen molar-refractivity contribution < 1.29 is 0 Å². The van der Waals surface area contributed by atoms with E-state index >= 15 is 0 Å². The fraction of sp³-hybridized carbons (Fsp3) is 0.105. The minimum atomic E-state index is 0.668. The van der Waals surface area contributed by atoms with Gasteiger partial charge in [0.1, 0.15) is 5.82 Å². The molecule has 4 aromatic rings. The van der Waals surface area contributed by atoms with E-state index in [1.54, 1.807) is 6.33 Å². The van der Waals surface area contributed by atoms with Gasteiger partial charge in [-0.1, -0.05) is 30.3 Å². The first-order chi connectivity index (χ1) is 12.7. The van der Waals surface area contributed by atoms with E-state index in [0.717, 1.165) is 34.4 Å². The number of aromatic nitrogens is 4. The van der Waals surface area contributed by atoms with Crippen LogP contribution in [0.25, 0.3) is 5.69 Å². The highest BCUT2D eigenvalue weighted by molar-refractivity contribution is 7.09. The molecule has 0 aliphatic heterocycles. The Morgan fingerprint density at radius 1 is 1.15 bits per heavy atom. The fourth-order valence-electron chi connectivity index (χ4n) is 2.70. The third kappa shape index (κ3) is 3.57. The number of rotatable bonds is 5. The lowest BCUT2D eigenvalue weighted by Gasteiger charge is -2.09. The summed E-state index contributed by atoms with van der Waals surface area (Å²) in [6, 6.07) is 16.0. The molecule has 0 aliphatic carbocycles. The Kier molecular flexibility index (Phi) is 4.37. The molecule has 0 amide bonds. The van der Waals surface area contributed by atoms with E-state index in [-0.39, 0.29) is 0 Å². The summed E-state index contributed by atoms with van der Waals surface area (Å²) < 4.78 is 6.34. The molecule has 3 N–H and O–H groups in total. The van der Waals surface area contributed by atoms with Crippen molar-refractivity contribution in [2.75, 3.05) is 11.1 Å². The number of anilines is 3. The van der Waals surface area contributed by atoms with Crippen LogP contribution < -0.4 is 11.1 Å². The SMILES string of the molecule is Cc1cn(-c2ccc(Nc3nc(Cc4ccccc4)ns3)cc2N)cn1. The Labute approximate surface area is 155 Å². The number of aryl methyl sites for hydroxylation is 1. The maximum Gasteiger partial charge on any atom is 0.207 e.